The second-order valence-corrected chi connectivity index (χ2v) is 6.03. The molecular formula is C20H17N3O2. The largest absolute Gasteiger partial charge is 0.480 e. The Kier molecular flexibility index (Phi) is 3.69. The topological polar surface area (TPSA) is 61.0 Å². The Morgan fingerprint density at radius 3 is 2.56 bits per heavy atom. The number of ether oxygens (including phenoxy) is 1. The van der Waals surface area contributed by atoms with E-state index in [1.54, 1.807) is 7.11 Å². The molecule has 5 nitrogen and oxygen atoms in total. The normalized spacial score (nSPS) is 11.0. The van der Waals surface area contributed by atoms with Crippen LogP contribution < -0.4 is 4.74 Å². The number of methoxy groups -OCH3 is 1. The predicted molar refractivity (Wildman–Crippen MR) is 96.5 cm³/mol. The molecule has 0 amide bonds. The van der Waals surface area contributed by atoms with E-state index in [4.69, 9.17) is 9.26 Å². The number of pyridine rings is 1. The average Bonchev–Trinajstić information content (AvgIpc) is 3.10. The molecule has 25 heavy (non-hydrogen) atoms. The lowest BCUT2D eigenvalue weighted by molar-refractivity contribution is 0.399. The standard InChI is InChI=1S/C20H17N3O2/c1-12-5-4-6-15(9-12)19-22-18(23-25-19)16-11-14-8-7-13(2)10-17(14)21-20(16)24-3/h4-11H,1-3H3. The Bertz CT molecular complexity index is 1070. The van der Waals surface area contributed by atoms with Gasteiger partial charge in [-0.2, -0.15) is 4.98 Å². The fourth-order valence-corrected chi connectivity index (χ4v) is 2.80. The molecule has 0 saturated heterocycles. The summed E-state index contributed by atoms with van der Waals surface area (Å²) in [7, 11) is 1.59. The van der Waals surface area contributed by atoms with Crippen LogP contribution in [0.1, 0.15) is 11.1 Å². The second-order valence-electron chi connectivity index (χ2n) is 6.03. The molecule has 4 aromatic rings. The molecule has 0 aliphatic carbocycles. The number of aryl methyl sites for hydroxylation is 2. The van der Waals surface area contributed by atoms with Gasteiger partial charge < -0.3 is 9.26 Å². The van der Waals surface area contributed by atoms with Crippen LogP contribution >= 0.6 is 0 Å². The molecule has 0 aliphatic rings. The van der Waals surface area contributed by atoms with Crippen LogP contribution in [0.15, 0.2) is 53.1 Å². The predicted octanol–water partition coefficient (Wildman–Crippen LogP) is 4.58. The molecule has 5 heteroatoms. The summed E-state index contributed by atoms with van der Waals surface area (Å²) in [6.45, 7) is 4.06. The van der Waals surface area contributed by atoms with Crippen LogP contribution in [-0.2, 0) is 0 Å². The van der Waals surface area contributed by atoms with E-state index in [0.717, 1.165) is 27.6 Å². The molecule has 124 valence electrons. The third kappa shape index (κ3) is 2.85. The van der Waals surface area contributed by atoms with E-state index < -0.39 is 0 Å². The first-order valence-electron chi connectivity index (χ1n) is 8.00. The first-order chi connectivity index (χ1) is 12.1. The summed E-state index contributed by atoms with van der Waals surface area (Å²) in [4.78, 5) is 9.11. The highest BCUT2D eigenvalue weighted by Gasteiger charge is 2.17. The van der Waals surface area contributed by atoms with Gasteiger partial charge in [-0.1, -0.05) is 35.0 Å². The summed E-state index contributed by atoms with van der Waals surface area (Å²) in [6, 6.07) is 16.0. The molecule has 0 N–H and O–H groups in total. The average molecular weight is 331 g/mol. The van der Waals surface area contributed by atoms with Crippen molar-refractivity contribution >= 4 is 10.9 Å². The van der Waals surface area contributed by atoms with Crippen LogP contribution in [0.4, 0.5) is 0 Å². The Morgan fingerprint density at radius 1 is 0.920 bits per heavy atom. The summed E-state index contributed by atoms with van der Waals surface area (Å²) in [5.74, 6) is 1.42. The van der Waals surface area contributed by atoms with E-state index >= 15 is 0 Å². The van der Waals surface area contributed by atoms with Gasteiger partial charge in [-0.05, 0) is 43.7 Å². The number of benzene rings is 2. The summed E-state index contributed by atoms with van der Waals surface area (Å²) in [6.07, 6.45) is 0. The third-order valence-electron chi connectivity index (χ3n) is 4.06. The van der Waals surface area contributed by atoms with E-state index in [0.29, 0.717) is 23.2 Å². The van der Waals surface area contributed by atoms with Crippen LogP contribution in [0.3, 0.4) is 0 Å². The van der Waals surface area contributed by atoms with Crippen molar-refractivity contribution in [3.8, 4) is 28.7 Å². The van der Waals surface area contributed by atoms with Gasteiger partial charge >= 0.3 is 0 Å². The molecule has 2 aromatic carbocycles. The smallest absolute Gasteiger partial charge is 0.258 e. The van der Waals surface area contributed by atoms with Gasteiger partial charge in [0.2, 0.25) is 11.7 Å². The Balaban J connectivity index is 1.83. The van der Waals surface area contributed by atoms with Gasteiger partial charge in [0.1, 0.15) is 0 Å². The SMILES string of the molecule is COc1nc2cc(C)ccc2cc1-c1noc(-c2cccc(C)c2)n1. The Hall–Kier alpha value is -3.21. The highest BCUT2D eigenvalue weighted by Crippen LogP contribution is 2.31. The quantitative estimate of drug-likeness (QED) is 0.550. The van der Waals surface area contributed by atoms with E-state index in [9.17, 15) is 0 Å². The van der Waals surface area contributed by atoms with Gasteiger partial charge in [0, 0.05) is 10.9 Å². The molecule has 0 spiro atoms. The maximum Gasteiger partial charge on any atom is 0.258 e. The van der Waals surface area contributed by atoms with Gasteiger partial charge in [0.15, 0.2) is 0 Å². The van der Waals surface area contributed by atoms with Crippen LogP contribution in [0.2, 0.25) is 0 Å². The minimum atomic E-state index is 0.461. The Morgan fingerprint density at radius 2 is 1.76 bits per heavy atom. The summed E-state index contributed by atoms with van der Waals surface area (Å²) in [5, 5.41) is 5.12. The first-order valence-corrected chi connectivity index (χ1v) is 8.00. The van der Waals surface area contributed by atoms with Crippen molar-refractivity contribution in [1.29, 1.82) is 0 Å². The molecule has 0 fully saturated rings. The van der Waals surface area contributed by atoms with Crippen molar-refractivity contribution in [2.45, 2.75) is 13.8 Å². The van der Waals surface area contributed by atoms with Crippen molar-refractivity contribution in [1.82, 2.24) is 15.1 Å². The monoisotopic (exact) mass is 331 g/mol. The zero-order valence-electron chi connectivity index (χ0n) is 14.3. The van der Waals surface area contributed by atoms with Crippen LogP contribution in [-0.4, -0.2) is 22.2 Å². The zero-order chi connectivity index (χ0) is 17.4. The first kappa shape index (κ1) is 15.3. The van der Waals surface area contributed by atoms with Crippen molar-refractivity contribution in [3.63, 3.8) is 0 Å². The number of nitrogens with zero attached hydrogens (tertiary/aromatic N) is 3. The summed E-state index contributed by atoms with van der Waals surface area (Å²) >= 11 is 0. The highest BCUT2D eigenvalue weighted by atomic mass is 16.5. The number of aromatic nitrogens is 3. The van der Waals surface area contributed by atoms with Crippen LogP contribution in [0.5, 0.6) is 5.88 Å². The molecule has 4 rings (SSSR count). The number of rotatable bonds is 3. The molecule has 2 aromatic heterocycles. The lowest BCUT2D eigenvalue weighted by Crippen LogP contribution is -1.94. The van der Waals surface area contributed by atoms with Crippen molar-refractivity contribution < 1.29 is 9.26 Å². The minimum Gasteiger partial charge on any atom is -0.480 e. The molecular weight excluding hydrogens is 314 g/mol. The van der Waals surface area contributed by atoms with Gasteiger partial charge in [-0.3, -0.25) is 0 Å². The lowest BCUT2D eigenvalue weighted by Gasteiger charge is -2.07. The number of fused-ring (bicyclic) bond motifs is 1. The van der Waals surface area contributed by atoms with Gasteiger partial charge in [-0.25, -0.2) is 4.98 Å². The summed E-state index contributed by atoms with van der Waals surface area (Å²) < 4.78 is 10.9. The highest BCUT2D eigenvalue weighted by molar-refractivity contribution is 5.85. The van der Waals surface area contributed by atoms with E-state index in [2.05, 4.69) is 21.2 Å². The lowest BCUT2D eigenvalue weighted by atomic mass is 10.1. The van der Waals surface area contributed by atoms with E-state index in [-0.39, 0.29) is 0 Å². The zero-order valence-corrected chi connectivity index (χ0v) is 14.3. The van der Waals surface area contributed by atoms with E-state index in [1.807, 2.05) is 56.3 Å². The van der Waals surface area contributed by atoms with Crippen LogP contribution in [0.25, 0.3) is 33.7 Å². The number of hydrogen-bond donors (Lipinski definition) is 0. The van der Waals surface area contributed by atoms with Crippen molar-refractivity contribution in [2.75, 3.05) is 7.11 Å². The third-order valence-corrected chi connectivity index (χ3v) is 4.06. The molecule has 0 aliphatic heterocycles. The minimum absolute atomic E-state index is 0.461. The molecule has 0 atom stereocenters. The van der Waals surface area contributed by atoms with Crippen molar-refractivity contribution in [3.05, 3.63) is 59.7 Å². The molecule has 0 radical (unpaired) electrons. The maximum atomic E-state index is 5.45. The molecule has 0 bridgehead atoms. The van der Waals surface area contributed by atoms with E-state index in [1.165, 1.54) is 0 Å². The molecule has 0 saturated carbocycles. The van der Waals surface area contributed by atoms with Crippen molar-refractivity contribution in [2.24, 2.45) is 0 Å². The fraction of sp³-hybridized carbons (Fsp3) is 0.150. The summed E-state index contributed by atoms with van der Waals surface area (Å²) in [5.41, 5.74) is 4.76. The number of hydrogen-bond acceptors (Lipinski definition) is 5. The van der Waals surface area contributed by atoms with Gasteiger partial charge in [0.25, 0.3) is 5.89 Å². The Labute approximate surface area is 145 Å². The second kappa shape index (κ2) is 6.02. The van der Waals surface area contributed by atoms with Gasteiger partial charge in [-0.15, -0.1) is 0 Å². The fourth-order valence-electron chi connectivity index (χ4n) is 2.80. The maximum absolute atomic E-state index is 5.45. The molecule has 2 heterocycles. The van der Waals surface area contributed by atoms with Gasteiger partial charge in [0.05, 0.1) is 18.2 Å². The molecule has 0 unspecified atom stereocenters. The van der Waals surface area contributed by atoms with Crippen LogP contribution in [0, 0.1) is 13.8 Å².